The van der Waals surface area contributed by atoms with Crippen LogP contribution in [0.1, 0.15) is 46.9 Å². The first-order valence-electron chi connectivity index (χ1n) is 10.9. The molecule has 7 nitrogen and oxygen atoms in total. The number of halogens is 1. The van der Waals surface area contributed by atoms with Crippen LogP contribution < -0.4 is 10.1 Å². The van der Waals surface area contributed by atoms with Crippen LogP contribution in [0.15, 0.2) is 42.5 Å². The molecule has 2 aromatic carbocycles. The molecule has 32 heavy (non-hydrogen) atoms. The lowest BCUT2D eigenvalue weighted by Crippen LogP contribution is -2.38. The molecule has 2 aromatic rings. The van der Waals surface area contributed by atoms with Crippen molar-refractivity contribution >= 4 is 17.5 Å². The van der Waals surface area contributed by atoms with Crippen molar-refractivity contribution in [3.05, 3.63) is 64.2 Å². The molecule has 174 valence electrons. The van der Waals surface area contributed by atoms with Gasteiger partial charge in [0.2, 0.25) is 0 Å². The van der Waals surface area contributed by atoms with Crippen molar-refractivity contribution in [3.8, 4) is 5.75 Å². The van der Waals surface area contributed by atoms with Gasteiger partial charge in [0.1, 0.15) is 12.4 Å². The molecule has 1 aliphatic rings. The van der Waals surface area contributed by atoms with Crippen LogP contribution in [0.5, 0.6) is 5.75 Å². The van der Waals surface area contributed by atoms with Crippen molar-refractivity contribution < 1.29 is 24.9 Å². The summed E-state index contributed by atoms with van der Waals surface area (Å²) in [5.74, 6) is 0.379. The van der Waals surface area contributed by atoms with Crippen LogP contribution in [0.25, 0.3) is 0 Å². The Kier molecular flexibility index (Phi) is 9.32. The first-order valence-corrected chi connectivity index (χ1v) is 11.3. The number of piperidine rings is 1. The quantitative estimate of drug-likeness (QED) is 0.405. The number of carbonyl (C=O) groups is 1. The molecule has 0 bridgehead atoms. The van der Waals surface area contributed by atoms with E-state index >= 15 is 0 Å². The number of amides is 1. The van der Waals surface area contributed by atoms with Crippen molar-refractivity contribution in [1.29, 1.82) is 0 Å². The maximum absolute atomic E-state index is 12.1. The van der Waals surface area contributed by atoms with E-state index in [2.05, 4.69) is 10.2 Å². The molecule has 1 unspecified atom stereocenters. The van der Waals surface area contributed by atoms with Crippen LogP contribution in [0.2, 0.25) is 5.02 Å². The van der Waals surface area contributed by atoms with E-state index in [1.165, 1.54) is 0 Å². The Balaban J connectivity index is 1.59. The molecule has 0 spiro atoms. The standard InChI is InChI=1S/C24H31ClN2O5/c25-19-6-7-23(21(14-19)22(30)15-27-11-8-20(29)9-12-27)32-16-17-2-4-18(5-3-17)24(31)26-10-1-13-28/h2-7,14,20,22,28-30H,1,8-13,15-16H2,(H,26,31). The zero-order valence-electron chi connectivity index (χ0n) is 18.0. The molecule has 1 fully saturated rings. The number of aliphatic hydroxyl groups is 3. The third-order valence-corrected chi connectivity index (χ3v) is 5.79. The summed E-state index contributed by atoms with van der Waals surface area (Å²) in [5.41, 5.74) is 2.06. The average molecular weight is 463 g/mol. The highest BCUT2D eigenvalue weighted by molar-refractivity contribution is 6.30. The van der Waals surface area contributed by atoms with Crippen LogP contribution in [0.3, 0.4) is 0 Å². The monoisotopic (exact) mass is 462 g/mol. The van der Waals surface area contributed by atoms with Crippen LogP contribution in [0, 0.1) is 0 Å². The van der Waals surface area contributed by atoms with E-state index in [1.54, 1.807) is 30.3 Å². The third kappa shape index (κ3) is 7.18. The molecule has 1 saturated heterocycles. The van der Waals surface area contributed by atoms with Crippen molar-refractivity contribution in [2.24, 2.45) is 0 Å². The van der Waals surface area contributed by atoms with E-state index in [4.69, 9.17) is 21.4 Å². The fraction of sp³-hybridized carbons (Fsp3) is 0.458. The van der Waals surface area contributed by atoms with Gasteiger partial charge in [-0.05, 0) is 55.2 Å². The first-order chi connectivity index (χ1) is 15.5. The van der Waals surface area contributed by atoms with E-state index < -0.39 is 6.10 Å². The molecule has 1 atom stereocenters. The summed E-state index contributed by atoms with van der Waals surface area (Å²) < 4.78 is 5.98. The highest BCUT2D eigenvalue weighted by Crippen LogP contribution is 2.30. The van der Waals surface area contributed by atoms with Gasteiger partial charge in [0.05, 0.1) is 12.2 Å². The fourth-order valence-electron chi connectivity index (χ4n) is 3.65. The van der Waals surface area contributed by atoms with Crippen LogP contribution >= 0.6 is 11.6 Å². The lowest BCUT2D eigenvalue weighted by atomic mass is 10.0. The number of hydrogen-bond donors (Lipinski definition) is 4. The molecule has 0 aromatic heterocycles. The number of benzene rings is 2. The van der Waals surface area contributed by atoms with Gasteiger partial charge in [-0.2, -0.15) is 0 Å². The Morgan fingerprint density at radius 1 is 1.19 bits per heavy atom. The zero-order valence-corrected chi connectivity index (χ0v) is 18.8. The SMILES string of the molecule is O=C(NCCCO)c1ccc(COc2ccc(Cl)cc2C(O)CN2CCC(O)CC2)cc1. The number of ether oxygens (including phenoxy) is 1. The van der Waals surface area contributed by atoms with E-state index in [0.29, 0.717) is 54.3 Å². The molecule has 8 heteroatoms. The van der Waals surface area contributed by atoms with Gasteiger partial charge in [-0.15, -0.1) is 0 Å². The van der Waals surface area contributed by atoms with E-state index in [-0.39, 0.29) is 25.2 Å². The second kappa shape index (κ2) is 12.2. The first kappa shape index (κ1) is 24.5. The molecule has 3 rings (SSSR count). The van der Waals surface area contributed by atoms with Crippen LogP contribution in [-0.4, -0.2) is 65.0 Å². The molecular formula is C24H31ClN2O5. The van der Waals surface area contributed by atoms with Gasteiger partial charge in [-0.3, -0.25) is 4.79 Å². The summed E-state index contributed by atoms with van der Waals surface area (Å²) >= 11 is 6.17. The normalized spacial score (nSPS) is 16.0. The summed E-state index contributed by atoms with van der Waals surface area (Å²) in [4.78, 5) is 14.2. The van der Waals surface area contributed by atoms with Crippen LogP contribution in [-0.2, 0) is 6.61 Å². The number of aliphatic hydroxyl groups excluding tert-OH is 3. The Bertz CT molecular complexity index is 869. The highest BCUT2D eigenvalue weighted by atomic mass is 35.5. The molecule has 0 radical (unpaired) electrons. The summed E-state index contributed by atoms with van der Waals surface area (Å²) in [6, 6.07) is 12.3. The Morgan fingerprint density at radius 2 is 1.91 bits per heavy atom. The van der Waals surface area contributed by atoms with Gasteiger partial charge in [-0.25, -0.2) is 0 Å². The van der Waals surface area contributed by atoms with E-state index in [1.807, 2.05) is 12.1 Å². The second-order valence-electron chi connectivity index (χ2n) is 8.05. The topological polar surface area (TPSA) is 102 Å². The van der Waals surface area contributed by atoms with Crippen molar-refractivity contribution in [2.45, 2.75) is 38.1 Å². The number of hydrogen-bond acceptors (Lipinski definition) is 6. The minimum Gasteiger partial charge on any atom is -0.489 e. The number of nitrogens with zero attached hydrogens (tertiary/aromatic N) is 1. The number of nitrogens with one attached hydrogen (secondary N) is 1. The average Bonchev–Trinajstić information content (AvgIpc) is 2.80. The van der Waals surface area contributed by atoms with Gasteiger partial charge in [0.15, 0.2) is 0 Å². The smallest absolute Gasteiger partial charge is 0.251 e. The van der Waals surface area contributed by atoms with Gasteiger partial charge < -0.3 is 30.3 Å². The molecule has 1 aliphatic heterocycles. The molecule has 0 aliphatic carbocycles. The van der Waals surface area contributed by atoms with E-state index in [9.17, 15) is 15.0 Å². The zero-order chi connectivity index (χ0) is 22.9. The number of rotatable bonds is 10. The molecule has 1 amide bonds. The number of β-amino-alcohol motifs (C(OH)–C–C–N with tert-alkyl or cyclic N) is 1. The van der Waals surface area contributed by atoms with Crippen molar-refractivity contribution in [1.82, 2.24) is 10.2 Å². The Labute approximate surface area is 193 Å². The minimum atomic E-state index is -0.760. The minimum absolute atomic E-state index is 0.0408. The number of likely N-dealkylation sites (tertiary alicyclic amines) is 1. The fourth-order valence-corrected chi connectivity index (χ4v) is 3.83. The summed E-state index contributed by atoms with van der Waals surface area (Å²) in [6.07, 6.45) is 0.921. The van der Waals surface area contributed by atoms with Gasteiger partial charge >= 0.3 is 0 Å². The maximum Gasteiger partial charge on any atom is 0.251 e. The molecule has 1 heterocycles. The lowest BCUT2D eigenvalue weighted by molar-refractivity contribution is 0.0498. The second-order valence-corrected chi connectivity index (χ2v) is 8.48. The van der Waals surface area contributed by atoms with Crippen LogP contribution in [0.4, 0.5) is 0 Å². The van der Waals surface area contributed by atoms with Gasteiger partial charge in [0, 0.05) is 48.9 Å². The largest absolute Gasteiger partial charge is 0.489 e. The highest BCUT2D eigenvalue weighted by Gasteiger charge is 2.22. The molecular weight excluding hydrogens is 432 g/mol. The lowest BCUT2D eigenvalue weighted by Gasteiger charge is -2.31. The summed E-state index contributed by atoms with van der Waals surface area (Å²) in [6.45, 7) is 2.69. The predicted octanol–water partition coefficient (Wildman–Crippen LogP) is 2.52. The van der Waals surface area contributed by atoms with Gasteiger partial charge in [0.25, 0.3) is 5.91 Å². The number of carbonyl (C=O) groups excluding carboxylic acids is 1. The summed E-state index contributed by atoms with van der Waals surface area (Å²) in [7, 11) is 0. The third-order valence-electron chi connectivity index (χ3n) is 5.55. The molecule has 0 saturated carbocycles. The summed E-state index contributed by atoms with van der Waals surface area (Å²) in [5, 5.41) is 32.6. The Hall–Kier alpha value is -2.16. The van der Waals surface area contributed by atoms with Crippen molar-refractivity contribution in [2.75, 3.05) is 32.8 Å². The Morgan fingerprint density at radius 3 is 2.59 bits per heavy atom. The predicted molar refractivity (Wildman–Crippen MR) is 123 cm³/mol. The van der Waals surface area contributed by atoms with E-state index in [0.717, 1.165) is 18.7 Å². The molecule has 4 N–H and O–H groups in total. The van der Waals surface area contributed by atoms with Crippen molar-refractivity contribution in [3.63, 3.8) is 0 Å². The van der Waals surface area contributed by atoms with Gasteiger partial charge in [-0.1, -0.05) is 23.7 Å². The maximum atomic E-state index is 12.1.